The number of nitrogens with zero attached hydrogens (tertiary/aromatic N) is 3. The summed E-state index contributed by atoms with van der Waals surface area (Å²) in [4.78, 5) is 8.43. The van der Waals surface area contributed by atoms with E-state index in [0.717, 1.165) is 12.8 Å². The van der Waals surface area contributed by atoms with Crippen LogP contribution in [0.5, 0.6) is 0 Å². The predicted octanol–water partition coefficient (Wildman–Crippen LogP) is 12.8. The van der Waals surface area contributed by atoms with Crippen LogP contribution in [-0.2, 0) is 28.2 Å². The normalized spacial score (nSPS) is 26.0. The molecular weight excluding hydrogens is 749 g/mol. The molecular formula is C58H62BN3. The lowest BCUT2D eigenvalue weighted by molar-refractivity contribution is 0.194. The first kappa shape index (κ1) is 38.5. The molecule has 1 fully saturated rings. The highest BCUT2D eigenvalue weighted by Crippen LogP contribution is 2.67. The minimum absolute atomic E-state index is 0.00881. The zero-order valence-electron chi connectivity index (χ0n) is 39.0. The topological polar surface area (TPSA) is 9.72 Å². The summed E-state index contributed by atoms with van der Waals surface area (Å²) in [6.45, 7) is 27.0. The highest BCUT2D eigenvalue weighted by atomic mass is 15.3. The Morgan fingerprint density at radius 2 is 1.31 bits per heavy atom. The molecule has 0 radical (unpaired) electrons. The predicted molar refractivity (Wildman–Crippen MR) is 264 cm³/mol. The van der Waals surface area contributed by atoms with Gasteiger partial charge in [-0.2, -0.15) is 0 Å². The van der Waals surface area contributed by atoms with E-state index in [2.05, 4.69) is 194 Å². The molecule has 0 spiro atoms. The Labute approximate surface area is 371 Å². The van der Waals surface area contributed by atoms with E-state index < -0.39 is 0 Å². The third-order valence-electron chi connectivity index (χ3n) is 17.8. The Bertz CT molecular complexity index is 2950. The summed E-state index contributed by atoms with van der Waals surface area (Å²) in [5, 5.41) is 0. The number of aryl methyl sites for hydroxylation is 5. The van der Waals surface area contributed by atoms with Crippen molar-refractivity contribution in [1.82, 2.24) is 0 Å². The average Bonchev–Trinajstić information content (AvgIpc) is 3.57. The van der Waals surface area contributed by atoms with Crippen molar-refractivity contribution in [2.45, 2.75) is 142 Å². The summed E-state index contributed by atoms with van der Waals surface area (Å²) in [7, 11) is 0. The molecule has 0 N–H and O–H groups in total. The molecule has 6 aromatic carbocycles. The van der Waals surface area contributed by atoms with E-state index in [0.29, 0.717) is 0 Å². The summed E-state index contributed by atoms with van der Waals surface area (Å²) >= 11 is 0. The maximum absolute atomic E-state index is 2.91. The van der Waals surface area contributed by atoms with Gasteiger partial charge < -0.3 is 14.7 Å². The number of hydrogen-bond donors (Lipinski definition) is 0. The van der Waals surface area contributed by atoms with Gasteiger partial charge in [-0.3, -0.25) is 0 Å². The molecule has 6 aliphatic rings. The highest BCUT2D eigenvalue weighted by Gasteiger charge is 2.64. The van der Waals surface area contributed by atoms with Crippen LogP contribution >= 0.6 is 0 Å². The molecule has 0 bridgehead atoms. The maximum atomic E-state index is 2.91. The molecule has 4 aliphatic heterocycles. The van der Waals surface area contributed by atoms with Crippen LogP contribution in [0.1, 0.15) is 131 Å². The second kappa shape index (κ2) is 12.3. The van der Waals surface area contributed by atoms with E-state index in [1.165, 1.54) is 126 Å². The molecule has 0 aromatic heterocycles. The lowest BCUT2D eigenvalue weighted by atomic mass is 9.33. The first-order chi connectivity index (χ1) is 29.5. The van der Waals surface area contributed by atoms with Crippen molar-refractivity contribution in [3.8, 4) is 0 Å². The van der Waals surface area contributed by atoms with Gasteiger partial charge in [0.05, 0.1) is 11.1 Å². The van der Waals surface area contributed by atoms with Crippen LogP contribution in [0.15, 0.2) is 103 Å². The minimum Gasteiger partial charge on any atom is -0.334 e. The number of benzene rings is 6. The number of fused-ring (bicyclic) bond motifs is 12. The lowest BCUT2D eigenvalue weighted by Gasteiger charge is -2.54. The quantitative estimate of drug-likeness (QED) is 0.161. The van der Waals surface area contributed by atoms with Crippen molar-refractivity contribution < 1.29 is 0 Å². The Morgan fingerprint density at radius 1 is 0.565 bits per heavy atom. The summed E-state index contributed by atoms with van der Waals surface area (Å²) < 4.78 is 0. The molecule has 2 aliphatic carbocycles. The fraction of sp³-hybridized carbons (Fsp3) is 0.379. The number of rotatable bonds is 2. The average molecular weight is 812 g/mol. The molecule has 4 heteroatoms. The fourth-order valence-electron chi connectivity index (χ4n) is 14.4. The SMILES string of the molecule is Cc1cccc(N2c3cc(C)ccc3B3c4cc(C(C)(C)C)cc5c4N(c4cc(N6c7cc(C)cc(C)c7C7(C)CCCCC67C)cc2c43)C2(C)c3ccccc3CCC52C)c1. The molecule has 0 amide bonds. The molecule has 62 heavy (non-hydrogen) atoms. The van der Waals surface area contributed by atoms with E-state index in [4.69, 9.17) is 0 Å². The molecule has 6 aromatic rings. The van der Waals surface area contributed by atoms with Gasteiger partial charge in [0.2, 0.25) is 0 Å². The Morgan fingerprint density at radius 3 is 2.10 bits per heavy atom. The van der Waals surface area contributed by atoms with Crippen molar-refractivity contribution in [2.24, 2.45) is 0 Å². The van der Waals surface area contributed by atoms with Crippen LogP contribution in [-0.4, -0.2) is 12.3 Å². The summed E-state index contributed by atoms with van der Waals surface area (Å²) in [5.41, 5.74) is 26.2. The zero-order valence-corrected chi connectivity index (χ0v) is 39.0. The molecule has 1 saturated carbocycles. The van der Waals surface area contributed by atoms with Crippen molar-refractivity contribution in [2.75, 3.05) is 14.7 Å². The third kappa shape index (κ3) is 4.59. The summed E-state index contributed by atoms with van der Waals surface area (Å²) in [6, 6.07) is 41.6. The zero-order chi connectivity index (χ0) is 43.0. The Kier molecular flexibility index (Phi) is 7.62. The van der Waals surface area contributed by atoms with E-state index >= 15 is 0 Å². The van der Waals surface area contributed by atoms with Gasteiger partial charge in [-0.25, -0.2) is 0 Å². The first-order valence-electron chi connectivity index (χ1n) is 23.6. The number of hydrogen-bond acceptors (Lipinski definition) is 3. The Hall–Kier alpha value is -5.22. The smallest absolute Gasteiger partial charge is 0.252 e. The monoisotopic (exact) mass is 812 g/mol. The maximum Gasteiger partial charge on any atom is 0.252 e. The lowest BCUT2D eigenvalue weighted by Crippen LogP contribution is -2.64. The first-order valence-corrected chi connectivity index (χ1v) is 23.6. The van der Waals surface area contributed by atoms with Crippen LogP contribution in [0.3, 0.4) is 0 Å². The Balaban J connectivity index is 1.26. The molecule has 3 nitrogen and oxygen atoms in total. The van der Waals surface area contributed by atoms with Crippen molar-refractivity contribution >= 4 is 62.9 Å². The van der Waals surface area contributed by atoms with Gasteiger partial charge >= 0.3 is 0 Å². The van der Waals surface area contributed by atoms with Gasteiger partial charge in [0.25, 0.3) is 6.71 Å². The van der Waals surface area contributed by atoms with Crippen molar-refractivity contribution in [3.05, 3.63) is 153 Å². The van der Waals surface area contributed by atoms with E-state index in [1.807, 2.05) is 0 Å². The fourth-order valence-corrected chi connectivity index (χ4v) is 14.4. The van der Waals surface area contributed by atoms with Crippen LogP contribution < -0.4 is 31.1 Å². The minimum atomic E-state index is -0.312. The summed E-state index contributed by atoms with van der Waals surface area (Å²) in [6.07, 6.45) is 7.12. The second-order valence-corrected chi connectivity index (χ2v) is 22.3. The van der Waals surface area contributed by atoms with Crippen LogP contribution in [0, 0.1) is 27.7 Å². The standard InChI is InChI=1S/C58H62BN3/c1-35-17-16-19-41(28-35)60-47-29-36(2)21-22-45(47)59-46-32-40(54(5,6)7)31-44-53(46)62(58(11)43-20-13-12-18-39(43)23-26-55(44,58)8)50-34-42(33-49(60)52(50)59)61-48-30-37(3)27-38(4)51(48)56(9)24-14-15-25-57(56,61)10/h12-13,16-22,27-34H,14-15,23-26H2,1-11H3. The van der Waals surface area contributed by atoms with E-state index in [-0.39, 0.29) is 34.0 Å². The van der Waals surface area contributed by atoms with Crippen molar-refractivity contribution in [1.29, 1.82) is 0 Å². The van der Waals surface area contributed by atoms with Gasteiger partial charge in [-0.05, 0) is 175 Å². The molecule has 4 heterocycles. The molecule has 0 saturated heterocycles. The van der Waals surface area contributed by atoms with E-state index in [1.54, 1.807) is 5.56 Å². The van der Waals surface area contributed by atoms with Gasteiger partial charge in [0, 0.05) is 50.6 Å². The number of anilines is 7. The largest absolute Gasteiger partial charge is 0.334 e. The second-order valence-electron chi connectivity index (χ2n) is 22.3. The third-order valence-corrected chi connectivity index (χ3v) is 17.8. The van der Waals surface area contributed by atoms with E-state index in [9.17, 15) is 0 Å². The van der Waals surface area contributed by atoms with Gasteiger partial charge in [-0.1, -0.05) is 114 Å². The van der Waals surface area contributed by atoms with Crippen LogP contribution in [0.2, 0.25) is 0 Å². The molecule has 4 atom stereocenters. The van der Waals surface area contributed by atoms with Gasteiger partial charge in [0.1, 0.15) is 0 Å². The molecule has 4 unspecified atom stereocenters. The van der Waals surface area contributed by atoms with Crippen LogP contribution in [0.25, 0.3) is 0 Å². The van der Waals surface area contributed by atoms with Gasteiger partial charge in [-0.15, -0.1) is 0 Å². The molecule has 12 rings (SSSR count). The molecule has 312 valence electrons. The van der Waals surface area contributed by atoms with Gasteiger partial charge in [0.15, 0.2) is 0 Å². The summed E-state index contributed by atoms with van der Waals surface area (Å²) in [5.74, 6) is 0. The van der Waals surface area contributed by atoms with Crippen molar-refractivity contribution in [3.63, 3.8) is 0 Å². The van der Waals surface area contributed by atoms with Crippen LogP contribution in [0.4, 0.5) is 39.8 Å². The highest BCUT2D eigenvalue weighted by molar-refractivity contribution is 7.00.